The molecular weight excluding hydrogens is 493 g/mol. The summed E-state index contributed by atoms with van der Waals surface area (Å²) >= 11 is 9.84. The van der Waals surface area contributed by atoms with Crippen LogP contribution in [0.25, 0.3) is 0 Å². The maximum Gasteiger partial charge on any atom is 0.175 e. The minimum absolute atomic E-state index is 0.239. The molecule has 2 aromatic rings. The average Bonchev–Trinajstić information content (AvgIpc) is 2.72. The SMILES string of the molecule is CCOc1cc(CNC23CC4CC(CC(C4)C2)C3)cc(Br)c1OCc1ccc(F)cc1Cl. The molecule has 2 aromatic carbocycles. The van der Waals surface area contributed by atoms with Gasteiger partial charge in [0.25, 0.3) is 0 Å². The molecule has 4 fully saturated rings. The zero-order chi connectivity index (χ0) is 22.3. The van der Waals surface area contributed by atoms with Gasteiger partial charge in [-0.15, -0.1) is 0 Å². The van der Waals surface area contributed by atoms with Crippen molar-refractivity contribution in [3.63, 3.8) is 0 Å². The summed E-state index contributed by atoms with van der Waals surface area (Å²) in [6.45, 7) is 3.58. The van der Waals surface area contributed by atoms with Gasteiger partial charge >= 0.3 is 0 Å². The molecule has 0 aliphatic heterocycles. The first kappa shape index (κ1) is 22.5. The standard InChI is InChI=1S/C26H30BrClFNO2/c1-2-31-24-9-19(14-30-26-11-16-5-17(12-26)7-18(6-16)13-26)8-22(27)25(24)32-15-20-3-4-21(29)10-23(20)28/h3-4,8-10,16-18,30H,2,5-7,11-15H2,1H3. The first-order chi connectivity index (χ1) is 15.4. The highest BCUT2D eigenvalue weighted by Gasteiger charge is 2.50. The van der Waals surface area contributed by atoms with E-state index in [-0.39, 0.29) is 12.4 Å². The lowest BCUT2D eigenvalue weighted by atomic mass is 9.53. The summed E-state index contributed by atoms with van der Waals surface area (Å²) in [7, 11) is 0. The monoisotopic (exact) mass is 521 g/mol. The number of hydrogen-bond acceptors (Lipinski definition) is 3. The van der Waals surface area contributed by atoms with Crippen molar-refractivity contribution in [3.8, 4) is 11.5 Å². The summed E-state index contributed by atoms with van der Waals surface area (Å²) < 4.78 is 26.2. The number of hydrogen-bond donors (Lipinski definition) is 1. The maximum absolute atomic E-state index is 13.3. The van der Waals surface area contributed by atoms with Gasteiger partial charge in [-0.2, -0.15) is 0 Å². The molecule has 0 aromatic heterocycles. The fourth-order valence-corrected chi connectivity index (χ4v) is 7.36. The predicted molar refractivity (Wildman–Crippen MR) is 129 cm³/mol. The van der Waals surface area contributed by atoms with Gasteiger partial charge in [0.2, 0.25) is 0 Å². The van der Waals surface area contributed by atoms with E-state index >= 15 is 0 Å². The van der Waals surface area contributed by atoms with Gasteiger partial charge in [-0.3, -0.25) is 0 Å². The van der Waals surface area contributed by atoms with Crippen LogP contribution in [0.5, 0.6) is 11.5 Å². The Kier molecular flexibility index (Phi) is 6.43. The van der Waals surface area contributed by atoms with E-state index in [9.17, 15) is 4.39 Å². The van der Waals surface area contributed by atoms with Gasteiger partial charge in [0, 0.05) is 17.6 Å². The minimum Gasteiger partial charge on any atom is -0.490 e. The van der Waals surface area contributed by atoms with Crippen LogP contribution in [0.3, 0.4) is 0 Å². The largest absolute Gasteiger partial charge is 0.490 e. The first-order valence-corrected chi connectivity index (χ1v) is 12.9. The van der Waals surface area contributed by atoms with Crippen LogP contribution in [0, 0.1) is 23.6 Å². The van der Waals surface area contributed by atoms with Gasteiger partial charge in [-0.1, -0.05) is 17.7 Å². The second-order valence-corrected chi connectivity index (χ2v) is 11.2. The maximum atomic E-state index is 13.3. The Labute approximate surface area is 203 Å². The van der Waals surface area contributed by atoms with Crippen molar-refractivity contribution < 1.29 is 13.9 Å². The lowest BCUT2D eigenvalue weighted by Crippen LogP contribution is -2.58. The van der Waals surface area contributed by atoms with Crippen molar-refractivity contribution in [3.05, 3.63) is 56.8 Å². The van der Waals surface area contributed by atoms with Crippen LogP contribution in [0.4, 0.5) is 4.39 Å². The molecular formula is C26H30BrClFNO2. The summed E-state index contributed by atoms with van der Waals surface area (Å²) in [6, 6.07) is 8.52. The zero-order valence-electron chi connectivity index (χ0n) is 18.4. The Morgan fingerprint density at radius 1 is 1.06 bits per heavy atom. The summed E-state index contributed by atoms with van der Waals surface area (Å²) in [4.78, 5) is 0. The summed E-state index contributed by atoms with van der Waals surface area (Å²) in [5.41, 5.74) is 2.24. The van der Waals surface area contributed by atoms with Crippen molar-refractivity contribution in [1.82, 2.24) is 5.32 Å². The Balaban J connectivity index is 1.30. The van der Waals surface area contributed by atoms with Crippen molar-refractivity contribution in [2.24, 2.45) is 17.8 Å². The number of halogens is 3. The highest BCUT2D eigenvalue weighted by Crippen LogP contribution is 2.55. The van der Waals surface area contributed by atoms with Crippen molar-refractivity contribution >= 4 is 27.5 Å². The van der Waals surface area contributed by atoms with Crippen LogP contribution in [-0.2, 0) is 13.2 Å². The van der Waals surface area contributed by atoms with Crippen molar-refractivity contribution in [1.29, 1.82) is 0 Å². The third kappa shape index (κ3) is 4.67. The molecule has 0 amide bonds. The van der Waals surface area contributed by atoms with Gasteiger partial charge in [0.15, 0.2) is 11.5 Å². The average molecular weight is 523 g/mol. The summed E-state index contributed by atoms with van der Waals surface area (Å²) in [6.07, 6.45) is 8.34. The molecule has 172 valence electrons. The third-order valence-electron chi connectivity index (χ3n) is 7.46. The molecule has 0 unspecified atom stereocenters. The van der Waals surface area contributed by atoms with Gasteiger partial charge < -0.3 is 14.8 Å². The van der Waals surface area contributed by atoms with E-state index < -0.39 is 0 Å². The number of rotatable bonds is 8. The van der Waals surface area contributed by atoms with E-state index in [1.807, 2.05) is 6.92 Å². The van der Waals surface area contributed by atoms with Crippen LogP contribution in [-0.4, -0.2) is 12.1 Å². The summed E-state index contributed by atoms with van der Waals surface area (Å²) in [5.74, 6) is 3.77. The van der Waals surface area contributed by atoms with Crippen LogP contribution < -0.4 is 14.8 Å². The summed E-state index contributed by atoms with van der Waals surface area (Å²) in [5, 5.41) is 4.32. The van der Waals surface area contributed by atoms with Crippen LogP contribution >= 0.6 is 27.5 Å². The molecule has 4 aliphatic rings. The lowest BCUT2D eigenvalue weighted by Gasteiger charge is -2.57. The molecule has 0 radical (unpaired) electrons. The fraction of sp³-hybridized carbons (Fsp3) is 0.538. The van der Waals surface area contributed by atoms with Gasteiger partial charge in [0.05, 0.1) is 16.1 Å². The zero-order valence-corrected chi connectivity index (χ0v) is 20.8. The molecule has 3 nitrogen and oxygen atoms in total. The van der Waals surface area contributed by atoms with Gasteiger partial charge in [-0.05, 0) is 109 Å². The molecule has 0 saturated heterocycles. The Hall–Kier alpha value is -1.30. The normalized spacial score (nSPS) is 28.2. The molecule has 32 heavy (non-hydrogen) atoms. The molecule has 4 bridgehead atoms. The minimum atomic E-state index is -0.356. The molecule has 1 N–H and O–H groups in total. The smallest absolute Gasteiger partial charge is 0.175 e. The Bertz CT molecular complexity index is 963. The van der Waals surface area contributed by atoms with Crippen LogP contribution in [0.15, 0.2) is 34.8 Å². The van der Waals surface area contributed by atoms with E-state index in [1.54, 1.807) is 6.07 Å². The third-order valence-corrected chi connectivity index (χ3v) is 8.40. The van der Waals surface area contributed by atoms with E-state index in [0.717, 1.165) is 34.3 Å². The number of nitrogens with one attached hydrogen (secondary N) is 1. The highest BCUT2D eigenvalue weighted by molar-refractivity contribution is 9.10. The number of benzene rings is 2. The first-order valence-electron chi connectivity index (χ1n) is 11.7. The molecule has 0 heterocycles. The second kappa shape index (κ2) is 9.15. The molecule has 4 aliphatic carbocycles. The predicted octanol–water partition coefficient (Wildman–Crippen LogP) is 7.28. The second-order valence-electron chi connectivity index (χ2n) is 9.91. The van der Waals surface area contributed by atoms with Crippen LogP contribution in [0.2, 0.25) is 5.02 Å². The molecule has 6 heteroatoms. The van der Waals surface area contributed by atoms with Gasteiger partial charge in [-0.25, -0.2) is 4.39 Å². The van der Waals surface area contributed by atoms with E-state index in [1.165, 1.54) is 56.2 Å². The molecule has 6 rings (SSSR count). The van der Waals surface area contributed by atoms with Crippen LogP contribution in [0.1, 0.15) is 56.6 Å². The molecule has 0 spiro atoms. The topological polar surface area (TPSA) is 30.5 Å². The Morgan fingerprint density at radius 2 is 1.75 bits per heavy atom. The van der Waals surface area contributed by atoms with E-state index in [0.29, 0.717) is 28.7 Å². The Morgan fingerprint density at radius 3 is 2.38 bits per heavy atom. The number of ether oxygens (including phenoxy) is 2. The lowest BCUT2D eigenvalue weighted by molar-refractivity contribution is -0.0206. The quantitative estimate of drug-likeness (QED) is 0.395. The highest BCUT2D eigenvalue weighted by atomic mass is 79.9. The van der Waals surface area contributed by atoms with E-state index in [4.69, 9.17) is 21.1 Å². The molecule has 0 atom stereocenters. The van der Waals surface area contributed by atoms with E-state index in [2.05, 4.69) is 33.4 Å². The molecule has 4 saturated carbocycles. The van der Waals surface area contributed by atoms with Crippen molar-refractivity contribution in [2.75, 3.05) is 6.61 Å². The van der Waals surface area contributed by atoms with Crippen molar-refractivity contribution in [2.45, 2.75) is 64.1 Å². The van der Waals surface area contributed by atoms with Gasteiger partial charge in [0.1, 0.15) is 12.4 Å². The fourth-order valence-electron chi connectivity index (χ4n) is 6.53.